The second kappa shape index (κ2) is 8.08. The van der Waals surface area contributed by atoms with Gasteiger partial charge in [-0.05, 0) is 45.7 Å². The summed E-state index contributed by atoms with van der Waals surface area (Å²) in [5.41, 5.74) is 1.33. The lowest BCUT2D eigenvalue weighted by Crippen LogP contribution is -2.34. The Bertz CT molecular complexity index is 947. The highest BCUT2D eigenvalue weighted by atomic mass is 32.1. The van der Waals surface area contributed by atoms with Crippen LogP contribution in [0.2, 0.25) is 0 Å². The molecule has 144 valence electrons. The van der Waals surface area contributed by atoms with Gasteiger partial charge in [0.15, 0.2) is 0 Å². The highest BCUT2D eigenvalue weighted by molar-refractivity contribution is 7.19. The van der Waals surface area contributed by atoms with Gasteiger partial charge in [0, 0.05) is 11.5 Å². The van der Waals surface area contributed by atoms with Crippen LogP contribution in [0.1, 0.15) is 39.1 Å². The molecule has 1 aromatic carbocycles. The van der Waals surface area contributed by atoms with Crippen LogP contribution in [0.4, 0.5) is 4.79 Å². The number of alkyl carbamates (subject to hydrolysis) is 1. The average Bonchev–Trinajstić information content (AvgIpc) is 3.00. The molecule has 0 radical (unpaired) electrons. The number of aromatic nitrogens is 2. The molecule has 0 aliphatic carbocycles. The Hall–Kier alpha value is -2.41. The van der Waals surface area contributed by atoms with E-state index in [0.717, 1.165) is 40.0 Å². The normalized spacial score (nSPS) is 11.7. The summed E-state index contributed by atoms with van der Waals surface area (Å²) in [6.07, 6.45) is 3.45. The van der Waals surface area contributed by atoms with E-state index < -0.39 is 11.7 Å². The molecule has 2 heterocycles. The number of carbonyl (C=O) groups is 1. The molecule has 0 saturated heterocycles. The van der Waals surface area contributed by atoms with E-state index in [0.29, 0.717) is 13.2 Å². The number of benzene rings is 1. The number of amides is 1. The standard InChI is InChI=1S/C20H25N3O3S/c1-5-6-17-23-16-12-22-15-11-13(7-8-14(15)18(16)27-17)25-10-9-21-19(24)26-20(2,3)4/h7-8,11-12H,5-6,9-10H2,1-4H3,(H,21,24). The number of nitrogens with one attached hydrogen (secondary N) is 1. The first-order chi connectivity index (χ1) is 12.9. The topological polar surface area (TPSA) is 73.3 Å². The molecule has 0 fully saturated rings. The summed E-state index contributed by atoms with van der Waals surface area (Å²) < 4.78 is 12.1. The number of fused-ring (bicyclic) bond motifs is 3. The fourth-order valence-corrected chi connectivity index (χ4v) is 3.82. The predicted octanol–water partition coefficient (Wildman–Crippen LogP) is 4.70. The Morgan fingerprint density at radius 3 is 2.81 bits per heavy atom. The molecular formula is C20H25N3O3S. The smallest absolute Gasteiger partial charge is 0.407 e. The van der Waals surface area contributed by atoms with E-state index in [9.17, 15) is 4.79 Å². The summed E-state index contributed by atoms with van der Waals surface area (Å²) in [5.74, 6) is 0.721. The lowest BCUT2D eigenvalue weighted by atomic mass is 10.2. The molecular weight excluding hydrogens is 362 g/mol. The third-order valence-electron chi connectivity index (χ3n) is 3.74. The summed E-state index contributed by atoms with van der Waals surface area (Å²) in [5, 5.41) is 4.92. The average molecular weight is 388 g/mol. The Kier molecular flexibility index (Phi) is 5.79. The monoisotopic (exact) mass is 387 g/mol. The highest BCUT2D eigenvalue weighted by Gasteiger charge is 2.15. The molecule has 1 N–H and O–H groups in total. The van der Waals surface area contributed by atoms with Crippen molar-refractivity contribution in [2.24, 2.45) is 0 Å². The molecule has 6 nitrogen and oxygen atoms in total. The van der Waals surface area contributed by atoms with Gasteiger partial charge in [0.1, 0.15) is 23.5 Å². The highest BCUT2D eigenvalue weighted by Crippen LogP contribution is 2.31. The van der Waals surface area contributed by atoms with Gasteiger partial charge in [-0.25, -0.2) is 9.78 Å². The molecule has 2 aromatic heterocycles. The summed E-state index contributed by atoms with van der Waals surface area (Å²) in [6.45, 7) is 8.37. The molecule has 0 unspecified atom stereocenters. The summed E-state index contributed by atoms with van der Waals surface area (Å²) in [7, 11) is 0. The van der Waals surface area contributed by atoms with Gasteiger partial charge >= 0.3 is 6.09 Å². The van der Waals surface area contributed by atoms with Gasteiger partial charge < -0.3 is 14.8 Å². The van der Waals surface area contributed by atoms with Crippen LogP contribution in [0.5, 0.6) is 5.75 Å². The minimum absolute atomic E-state index is 0.355. The first-order valence-corrected chi connectivity index (χ1v) is 9.95. The van der Waals surface area contributed by atoms with Gasteiger partial charge in [-0.15, -0.1) is 11.3 Å². The number of nitrogens with zero attached hydrogens (tertiary/aromatic N) is 2. The van der Waals surface area contributed by atoms with Gasteiger partial charge in [0.25, 0.3) is 0 Å². The van der Waals surface area contributed by atoms with Crippen LogP contribution in [0, 0.1) is 0 Å². The van der Waals surface area contributed by atoms with Gasteiger partial charge in [-0.3, -0.25) is 4.98 Å². The number of carbonyl (C=O) groups excluding carboxylic acids is 1. The Balaban J connectivity index is 1.63. The Morgan fingerprint density at radius 1 is 1.26 bits per heavy atom. The minimum Gasteiger partial charge on any atom is -0.492 e. The van der Waals surface area contributed by atoms with Crippen LogP contribution < -0.4 is 10.1 Å². The van der Waals surface area contributed by atoms with E-state index in [1.165, 1.54) is 4.70 Å². The number of pyridine rings is 1. The fourth-order valence-electron chi connectivity index (χ4n) is 2.65. The van der Waals surface area contributed by atoms with Crippen molar-refractivity contribution in [2.75, 3.05) is 13.2 Å². The van der Waals surface area contributed by atoms with E-state index >= 15 is 0 Å². The summed E-state index contributed by atoms with van der Waals surface area (Å²) in [4.78, 5) is 20.8. The van der Waals surface area contributed by atoms with E-state index in [2.05, 4.69) is 22.2 Å². The molecule has 3 aromatic rings. The lowest BCUT2D eigenvalue weighted by molar-refractivity contribution is 0.0520. The maximum absolute atomic E-state index is 11.6. The zero-order valence-electron chi connectivity index (χ0n) is 16.2. The molecule has 0 atom stereocenters. The maximum atomic E-state index is 11.6. The molecule has 27 heavy (non-hydrogen) atoms. The Morgan fingerprint density at radius 2 is 2.07 bits per heavy atom. The lowest BCUT2D eigenvalue weighted by Gasteiger charge is -2.19. The third-order valence-corrected chi connectivity index (χ3v) is 4.90. The van der Waals surface area contributed by atoms with Crippen LogP contribution in [0.25, 0.3) is 21.1 Å². The molecule has 0 aliphatic heterocycles. The minimum atomic E-state index is -0.506. The van der Waals surface area contributed by atoms with Crippen LogP contribution in [0.3, 0.4) is 0 Å². The fraction of sp³-hybridized carbons (Fsp3) is 0.450. The zero-order chi connectivity index (χ0) is 19.4. The molecule has 0 saturated carbocycles. The molecule has 3 rings (SSSR count). The first kappa shape index (κ1) is 19.4. The van der Waals surface area contributed by atoms with Crippen molar-refractivity contribution in [3.05, 3.63) is 29.4 Å². The van der Waals surface area contributed by atoms with Crippen molar-refractivity contribution >= 4 is 38.5 Å². The van der Waals surface area contributed by atoms with Crippen molar-refractivity contribution < 1.29 is 14.3 Å². The first-order valence-electron chi connectivity index (χ1n) is 9.13. The molecule has 7 heteroatoms. The van der Waals surface area contributed by atoms with Gasteiger partial charge in [-0.2, -0.15) is 0 Å². The largest absolute Gasteiger partial charge is 0.492 e. The molecule has 1 amide bonds. The summed E-state index contributed by atoms with van der Waals surface area (Å²) in [6, 6.07) is 5.87. The maximum Gasteiger partial charge on any atom is 0.407 e. The van der Waals surface area contributed by atoms with Gasteiger partial charge in [0.2, 0.25) is 0 Å². The molecule has 0 spiro atoms. The number of hydrogen-bond acceptors (Lipinski definition) is 6. The summed E-state index contributed by atoms with van der Waals surface area (Å²) >= 11 is 1.73. The van der Waals surface area contributed by atoms with E-state index in [4.69, 9.17) is 9.47 Å². The second-order valence-corrected chi connectivity index (χ2v) is 8.37. The van der Waals surface area contributed by atoms with Crippen molar-refractivity contribution in [3.8, 4) is 5.75 Å². The zero-order valence-corrected chi connectivity index (χ0v) is 17.0. The number of ether oxygens (including phenoxy) is 2. The predicted molar refractivity (Wildman–Crippen MR) is 109 cm³/mol. The van der Waals surface area contributed by atoms with Crippen LogP contribution in [-0.4, -0.2) is 34.8 Å². The number of rotatable bonds is 6. The van der Waals surface area contributed by atoms with Crippen molar-refractivity contribution in [1.82, 2.24) is 15.3 Å². The van der Waals surface area contributed by atoms with Crippen molar-refractivity contribution in [2.45, 2.75) is 46.1 Å². The van der Waals surface area contributed by atoms with Crippen LogP contribution in [0.15, 0.2) is 24.4 Å². The number of thiazole rings is 1. The van der Waals surface area contributed by atoms with E-state index in [1.807, 2.05) is 45.2 Å². The van der Waals surface area contributed by atoms with E-state index in [1.54, 1.807) is 11.3 Å². The second-order valence-electron chi connectivity index (χ2n) is 7.29. The van der Waals surface area contributed by atoms with Crippen molar-refractivity contribution in [3.63, 3.8) is 0 Å². The Labute approximate surface area is 162 Å². The van der Waals surface area contributed by atoms with Crippen LogP contribution in [-0.2, 0) is 11.2 Å². The number of hydrogen-bond donors (Lipinski definition) is 1. The SMILES string of the molecule is CCCc1nc2cnc3cc(OCCNC(=O)OC(C)(C)C)ccc3c2s1. The van der Waals surface area contributed by atoms with E-state index in [-0.39, 0.29) is 0 Å². The molecule has 0 bridgehead atoms. The molecule has 0 aliphatic rings. The van der Waals surface area contributed by atoms with Crippen molar-refractivity contribution in [1.29, 1.82) is 0 Å². The van der Waals surface area contributed by atoms with Gasteiger partial charge in [-0.1, -0.05) is 6.92 Å². The number of aryl methyl sites for hydroxylation is 1. The van der Waals surface area contributed by atoms with Crippen LogP contribution >= 0.6 is 11.3 Å². The quantitative estimate of drug-likeness (QED) is 0.621. The third kappa shape index (κ3) is 5.07. The van der Waals surface area contributed by atoms with Gasteiger partial charge in [0.05, 0.1) is 28.0 Å².